The first kappa shape index (κ1) is 21.1. The van der Waals surface area contributed by atoms with Crippen LogP contribution in [0.3, 0.4) is 0 Å². The summed E-state index contributed by atoms with van der Waals surface area (Å²) in [4.78, 5) is 12.5. The van der Waals surface area contributed by atoms with E-state index in [-0.39, 0.29) is 23.3 Å². The Labute approximate surface area is 160 Å². The lowest BCUT2D eigenvalue weighted by molar-refractivity contribution is -0.121. The summed E-state index contributed by atoms with van der Waals surface area (Å²) in [6.45, 7) is 6.85. The fourth-order valence-electron chi connectivity index (χ4n) is 3.14. The molecule has 0 saturated carbocycles. The molecule has 0 heterocycles. The van der Waals surface area contributed by atoms with Crippen LogP contribution in [0.4, 0.5) is 4.39 Å². The quantitative estimate of drug-likeness (QED) is 0.821. The summed E-state index contributed by atoms with van der Waals surface area (Å²) in [5.41, 5.74) is 3.02. The number of nitrogens with one attached hydrogen (secondary N) is 1. The molecule has 7 heteroatoms. The number of aryl methyl sites for hydroxylation is 3. The van der Waals surface area contributed by atoms with Crippen molar-refractivity contribution in [1.82, 2.24) is 9.62 Å². The van der Waals surface area contributed by atoms with Crippen molar-refractivity contribution in [1.29, 1.82) is 0 Å². The molecule has 2 aromatic rings. The number of nitrogens with zero attached hydrogens (tertiary/aromatic N) is 1. The Morgan fingerprint density at radius 1 is 1.11 bits per heavy atom. The molecule has 0 bridgehead atoms. The molecule has 27 heavy (non-hydrogen) atoms. The van der Waals surface area contributed by atoms with Crippen LogP contribution in [0.1, 0.15) is 35.2 Å². The lowest BCUT2D eigenvalue weighted by atomic mass is 10.1. The molecule has 0 radical (unpaired) electrons. The lowest BCUT2D eigenvalue weighted by Gasteiger charge is -2.21. The van der Waals surface area contributed by atoms with Crippen molar-refractivity contribution in [2.75, 3.05) is 13.6 Å². The molecular formula is C20H25FN2O3S. The summed E-state index contributed by atoms with van der Waals surface area (Å²) >= 11 is 0. The van der Waals surface area contributed by atoms with Gasteiger partial charge in [0.2, 0.25) is 15.9 Å². The monoisotopic (exact) mass is 392 g/mol. The van der Waals surface area contributed by atoms with Crippen LogP contribution in [0.5, 0.6) is 0 Å². The lowest BCUT2D eigenvalue weighted by Crippen LogP contribution is -2.39. The predicted octanol–water partition coefficient (Wildman–Crippen LogP) is 3.25. The van der Waals surface area contributed by atoms with Crippen molar-refractivity contribution in [3.05, 3.63) is 64.5 Å². The van der Waals surface area contributed by atoms with Gasteiger partial charge in [0.15, 0.2) is 0 Å². The van der Waals surface area contributed by atoms with Gasteiger partial charge in [-0.05, 0) is 56.5 Å². The minimum atomic E-state index is -3.80. The zero-order valence-electron chi connectivity index (χ0n) is 16.2. The Hall–Kier alpha value is -2.25. The Kier molecular flexibility index (Phi) is 6.38. The van der Waals surface area contributed by atoms with Gasteiger partial charge in [0.05, 0.1) is 17.5 Å². The van der Waals surface area contributed by atoms with Gasteiger partial charge in [-0.3, -0.25) is 4.79 Å². The number of carbonyl (C=O) groups excluding carboxylic acids is 1. The first-order valence-corrected chi connectivity index (χ1v) is 10.1. The normalized spacial score (nSPS) is 12.9. The van der Waals surface area contributed by atoms with Gasteiger partial charge in [-0.15, -0.1) is 0 Å². The van der Waals surface area contributed by atoms with E-state index in [0.29, 0.717) is 11.1 Å². The summed E-state index contributed by atoms with van der Waals surface area (Å²) in [5.74, 6) is -0.785. The Morgan fingerprint density at radius 3 is 2.15 bits per heavy atom. The molecule has 2 aromatic carbocycles. The Bertz CT molecular complexity index is 917. The van der Waals surface area contributed by atoms with E-state index in [2.05, 4.69) is 5.32 Å². The van der Waals surface area contributed by atoms with Crippen LogP contribution in [-0.2, 0) is 14.8 Å². The third kappa shape index (κ3) is 4.93. The van der Waals surface area contributed by atoms with Crippen molar-refractivity contribution in [3.63, 3.8) is 0 Å². The number of amides is 1. The SMILES string of the molecule is Cc1cc(C)c(S(=O)(=O)N(C)CC(=O)N[C@H](C)c2ccc(F)cc2)c(C)c1. The van der Waals surface area contributed by atoms with E-state index in [1.165, 1.54) is 19.2 Å². The maximum absolute atomic E-state index is 13.0. The molecule has 146 valence electrons. The van der Waals surface area contributed by atoms with Crippen molar-refractivity contribution in [3.8, 4) is 0 Å². The number of sulfonamides is 1. The molecule has 5 nitrogen and oxygen atoms in total. The average molecular weight is 392 g/mol. The molecule has 0 aliphatic heterocycles. The maximum atomic E-state index is 13.0. The molecule has 0 unspecified atom stereocenters. The highest BCUT2D eigenvalue weighted by Gasteiger charge is 2.27. The van der Waals surface area contributed by atoms with Crippen LogP contribution in [0, 0.1) is 26.6 Å². The van der Waals surface area contributed by atoms with E-state index in [1.54, 1.807) is 32.9 Å². The fraction of sp³-hybridized carbons (Fsp3) is 0.350. The van der Waals surface area contributed by atoms with Gasteiger partial charge in [0, 0.05) is 7.05 Å². The van der Waals surface area contributed by atoms with Crippen molar-refractivity contribution in [2.24, 2.45) is 0 Å². The van der Waals surface area contributed by atoms with Crippen molar-refractivity contribution >= 4 is 15.9 Å². The van der Waals surface area contributed by atoms with E-state index in [0.717, 1.165) is 15.4 Å². The van der Waals surface area contributed by atoms with Crippen LogP contribution in [-0.4, -0.2) is 32.2 Å². The standard InChI is InChI=1S/C20H25FN2O3S/c1-13-10-14(2)20(15(3)11-13)27(25,26)23(5)12-19(24)22-16(4)17-6-8-18(21)9-7-17/h6-11,16H,12H2,1-5H3,(H,22,24)/t16-/m1/s1. The van der Waals surface area contributed by atoms with E-state index in [9.17, 15) is 17.6 Å². The second-order valence-electron chi connectivity index (χ2n) is 6.83. The number of hydrogen-bond donors (Lipinski definition) is 1. The van der Waals surface area contributed by atoms with Crippen molar-refractivity contribution in [2.45, 2.75) is 38.6 Å². The first-order chi connectivity index (χ1) is 12.5. The van der Waals surface area contributed by atoms with Crippen LogP contribution in [0.25, 0.3) is 0 Å². The van der Waals surface area contributed by atoms with E-state index in [4.69, 9.17) is 0 Å². The third-order valence-corrected chi connectivity index (χ3v) is 6.50. The Morgan fingerprint density at radius 2 is 1.63 bits per heavy atom. The summed E-state index contributed by atoms with van der Waals surface area (Å²) < 4.78 is 39.9. The van der Waals surface area contributed by atoms with Crippen LogP contribution in [0.2, 0.25) is 0 Å². The van der Waals surface area contributed by atoms with Gasteiger partial charge in [-0.25, -0.2) is 12.8 Å². The molecule has 0 aliphatic rings. The molecule has 0 spiro atoms. The molecule has 0 aliphatic carbocycles. The molecule has 0 fully saturated rings. The van der Waals surface area contributed by atoms with Crippen LogP contribution >= 0.6 is 0 Å². The molecule has 1 N–H and O–H groups in total. The van der Waals surface area contributed by atoms with E-state index >= 15 is 0 Å². The van der Waals surface area contributed by atoms with Crippen LogP contribution < -0.4 is 5.32 Å². The maximum Gasteiger partial charge on any atom is 0.243 e. The number of halogens is 1. The highest BCUT2D eigenvalue weighted by Crippen LogP contribution is 2.24. The number of rotatable bonds is 6. The Balaban J connectivity index is 2.12. The molecule has 0 aromatic heterocycles. The summed E-state index contributed by atoms with van der Waals surface area (Å²) in [6, 6.07) is 9.06. The molecular weight excluding hydrogens is 367 g/mol. The van der Waals surface area contributed by atoms with Gasteiger partial charge in [0.25, 0.3) is 0 Å². The summed E-state index contributed by atoms with van der Waals surface area (Å²) in [7, 11) is -2.41. The first-order valence-electron chi connectivity index (χ1n) is 8.61. The third-order valence-electron chi connectivity index (χ3n) is 4.39. The smallest absolute Gasteiger partial charge is 0.243 e. The summed E-state index contributed by atoms with van der Waals surface area (Å²) in [6.07, 6.45) is 0. The highest BCUT2D eigenvalue weighted by atomic mass is 32.2. The number of hydrogen-bond acceptors (Lipinski definition) is 3. The number of likely N-dealkylation sites (N-methyl/N-ethyl adjacent to an activating group) is 1. The molecule has 0 saturated heterocycles. The largest absolute Gasteiger partial charge is 0.348 e. The second-order valence-corrected chi connectivity index (χ2v) is 8.81. The van der Waals surface area contributed by atoms with Crippen LogP contribution in [0.15, 0.2) is 41.3 Å². The van der Waals surface area contributed by atoms with Gasteiger partial charge < -0.3 is 5.32 Å². The number of carbonyl (C=O) groups is 1. The molecule has 2 rings (SSSR count). The minimum absolute atomic E-state index is 0.231. The predicted molar refractivity (Wildman–Crippen MR) is 103 cm³/mol. The van der Waals surface area contributed by atoms with E-state index < -0.39 is 15.9 Å². The zero-order valence-corrected chi connectivity index (χ0v) is 17.0. The second kappa shape index (κ2) is 8.19. The van der Waals surface area contributed by atoms with Gasteiger partial charge in [0.1, 0.15) is 5.82 Å². The minimum Gasteiger partial charge on any atom is -0.348 e. The highest BCUT2D eigenvalue weighted by molar-refractivity contribution is 7.89. The van der Waals surface area contributed by atoms with Gasteiger partial charge in [-0.2, -0.15) is 4.31 Å². The van der Waals surface area contributed by atoms with E-state index in [1.807, 2.05) is 19.1 Å². The fourth-order valence-corrected chi connectivity index (χ4v) is 4.67. The summed E-state index contributed by atoms with van der Waals surface area (Å²) in [5, 5.41) is 2.74. The number of benzene rings is 2. The van der Waals surface area contributed by atoms with Crippen molar-refractivity contribution < 1.29 is 17.6 Å². The topological polar surface area (TPSA) is 66.5 Å². The zero-order chi connectivity index (χ0) is 20.4. The van der Waals surface area contributed by atoms with Gasteiger partial charge >= 0.3 is 0 Å². The average Bonchev–Trinajstić information content (AvgIpc) is 2.53. The van der Waals surface area contributed by atoms with Gasteiger partial charge in [-0.1, -0.05) is 29.8 Å². The molecule has 1 atom stereocenters. The molecule has 1 amide bonds.